The second kappa shape index (κ2) is 10.1. The summed E-state index contributed by atoms with van der Waals surface area (Å²) in [5.74, 6) is -0.588. The van der Waals surface area contributed by atoms with Crippen molar-refractivity contribution in [2.45, 2.75) is 24.7 Å². The molecular weight excluding hydrogens is 533 g/mol. The molecule has 0 atom stereocenters. The quantitative estimate of drug-likeness (QED) is 0.327. The number of amides is 1. The minimum absolute atomic E-state index is 0.263. The molecule has 0 radical (unpaired) electrons. The van der Waals surface area contributed by atoms with Crippen LogP contribution in [0.2, 0.25) is 0 Å². The van der Waals surface area contributed by atoms with E-state index < -0.39 is 6.36 Å². The third kappa shape index (κ3) is 5.23. The topological polar surface area (TPSA) is 68.9 Å². The van der Waals surface area contributed by atoms with Crippen molar-refractivity contribution in [2.24, 2.45) is 4.99 Å². The number of hydrogen-bond donors (Lipinski definition) is 0. The van der Waals surface area contributed by atoms with Gasteiger partial charge in [0.15, 0.2) is 5.17 Å². The summed E-state index contributed by atoms with van der Waals surface area (Å²) >= 11 is 2.40. The predicted molar refractivity (Wildman–Crippen MR) is 142 cm³/mol. The van der Waals surface area contributed by atoms with Crippen LogP contribution in [-0.2, 0) is 11.3 Å². The van der Waals surface area contributed by atoms with Gasteiger partial charge in [-0.25, -0.2) is 4.99 Å². The van der Waals surface area contributed by atoms with E-state index in [-0.39, 0.29) is 18.2 Å². The van der Waals surface area contributed by atoms with Crippen molar-refractivity contribution in [3.05, 3.63) is 93.4 Å². The lowest BCUT2D eigenvalue weighted by molar-refractivity contribution is -0.274. The molecule has 2 heterocycles. The number of benzene rings is 3. The number of amidine groups is 1. The van der Waals surface area contributed by atoms with Crippen molar-refractivity contribution in [2.75, 3.05) is 11.9 Å². The lowest BCUT2D eigenvalue weighted by Gasteiger charge is -2.17. The number of thioether (sulfide) groups is 2. The van der Waals surface area contributed by atoms with Crippen molar-refractivity contribution in [1.29, 1.82) is 5.26 Å². The average molecular weight is 553 g/mol. The zero-order chi connectivity index (χ0) is 27.0. The molecule has 192 valence electrons. The normalized spacial score (nSPS) is 18.2. The van der Waals surface area contributed by atoms with Crippen LogP contribution in [0.5, 0.6) is 5.75 Å². The van der Waals surface area contributed by atoms with E-state index in [1.54, 1.807) is 35.0 Å². The summed E-state index contributed by atoms with van der Waals surface area (Å²) in [6, 6.07) is 20.9. The molecule has 3 aromatic rings. The highest BCUT2D eigenvalue weighted by molar-refractivity contribution is 8.19. The number of aliphatic imine (C=N–C) groups is 1. The van der Waals surface area contributed by atoms with Gasteiger partial charge in [-0.15, -0.1) is 13.2 Å². The molecule has 2 aliphatic heterocycles. The highest BCUT2D eigenvalue weighted by Crippen LogP contribution is 2.51. The van der Waals surface area contributed by atoms with Gasteiger partial charge in [0.25, 0.3) is 5.91 Å². The van der Waals surface area contributed by atoms with E-state index in [4.69, 9.17) is 4.99 Å². The fraction of sp³-hybridized carbons (Fsp3) is 0.148. The Bertz CT molecular complexity index is 1530. The third-order valence-electron chi connectivity index (χ3n) is 5.83. The van der Waals surface area contributed by atoms with Crippen molar-refractivity contribution in [1.82, 2.24) is 4.90 Å². The zero-order valence-corrected chi connectivity index (χ0v) is 21.7. The second-order valence-electron chi connectivity index (χ2n) is 8.46. The Hall–Kier alpha value is -3.88. The lowest BCUT2D eigenvalue weighted by atomic mass is 10.1. The fourth-order valence-corrected chi connectivity index (χ4v) is 6.32. The Morgan fingerprint density at radius 2 is 1.82 bits per heavy atom. The molecule has 1 saturated heterocycles. The van der Waals surface area contributed by atoms with E-state index in [0.717, 1.165) is 11.1 Å². The maximum absolute atomic E-state index is 13.8. The lowest BCUT2D eigenvalue weighted by Crippen LogP contribution is -2.29. The molecule has 0 aliphatic carbocycles. The van der Waals surface area contributed by atoms with E-state index in [2.05, 4.69) is 10.8 Å². The number of carbonyl (C=O) groups is 1. The van der Waals surface area contributed by atoms with Gasteiger partial charge in [0.2, 0.25) is 0 Å². The number of halogens is 3. The second-order valence-corrected chi connectivity index (χ2v) is 10.5. The number of ether oxygens (including phenoxy) is 1. The number of anilines is 1. The molecule has 0 N–H and O–H groups in total. The van der Waals surface area contributed by atoms with Crippen molar-refractivity contribution in [3.63, 3.8) is 0 Å². The molecule has 1 amide bonds. The first-order valence-corrected chi connectivity index (χ1v) is 12.9. The monoisotopic (exact) mass is 552 g/mol. The van der Waals surface area contributed by atoms with Gasteiger partial charge in [-0.2, -0.15) is 5.26 Å². The number of alkyl halides is 3. The first-order chi connectivity index (χ1) is 18.1. The first kappa shape index (κ1) is 25.8. The zero-order valence-electron chi connectivity index (χ0n) is 20.1. The van der Waals surface area contributed by atoms with Crippen LogP contribution in [0.4, 0.5) is 24.5 Å². The molecule has 11 heteroatoms. The molecule has 0 bridgehead atoms. The van der Waals surface area contributed by atoms with E-state index in [0.29, 0.717) is 36.9 Å². The van der Waals surface area contributed by atoms with E-state index in [9.17, 15) is 23.2 Å². The highest BCUT2D eigenvalue weighted by atomic mass is 32.2. The van der Waals surface area contributed by atoms with Crippen LogP contribution in [0.25, 0.3) is 0 Å². The van der Waals surface area contributed by atoms with Crippen LogP contribution in [0.3, 0.4) is 0 Å². The molecule has 5 rings (SSSR count). The predicted octanol–water partition coefficient (Wildman–Crippen LogP) is 6.94. The largest absolute Gasteiger partial charge is 0.573 e. The molecule has 0 spiro atoms. The molecule has 0 saturated carbocycles. The van der Waals surface area contributed by atoms with Gasteiger partial charge in [0.05, 0.1) is 34.6 Å². The Kier molecular flexibility index (Phi) is 6.86. The maximum atomic E-state index is 13.8. The van der Waals surface area contributed by atoms with Crippen molar-refractivity contribution >= 4 is 46.0 Å². The van der Waals surface area contributed by atoms with E-state index in [1.807, 2.05) is 37.3 Å². The number of nitriles is 1. The Morgan fingerprint density at radius 3 is 2.53 bits per heavy atom. The van der Waals surface area contributed by atoms with Gasteiger partial charge in [0.1, 0.15) is 10.7 Å². The number of hydrogen-bond acceptors (Lipinski definition) is 7. The summed E-state index contributed by atoms with van der Waals surface area (Å²) < 4.78 is 42.3. The van der Waals surface area contributed by atoms with Crippen LogP contribution in [0.1, 0.15) is 16.7 Å². The van der Waals surface area contributed by atoms with Crippen molar-refractivity contribution in [3.8, 4) is 11.8 Å². The summed E-state index contributed by atoms with van der Waals surface area (Å²) in [6.07, 6.45) is -4.80. The number of carbonyl (C=O) groups excluding carboxylic acids is 1. The van der Waals surface area contributed by atoms with Crippen LogP contribution in [0.15, 0.2) is 86.6 Å². The fourth-order valence-electron chi connectivity index (χ4n) is 3.96. The molecule has 3 aromatic carbocycles. The summed E-state index contributed by atoms with van der Waals surface area (Å²) in [7, 11) is 1.76. The van der Waals surface area contributed by atoms with Gasteiger partial charge >= 0.3 is 6.36 Å². The van der Waals surface area contributed by atoms with Crippen LogP contribution >= 0.6 is 23.5 Å². The molecule has 6 nitrogen and oxygen atoms in total. The average Bonchev–Trinajstić information content (AvgIpc) is 3.36. The minimum atomic E-state index is -4.80. The van der Waals surface area contributed by atoms with E-state index in [1.165, 1.54) is 41.7 Å². The Labute approximate surface area is 225 Å². The van der Waals surface area contributed by atoms with Crippen LogP contribution < -0.4 is 9.64 Å². The minimum Gasteiger partial charge on any atom is -0.406 e. The molecule has 1 fully saturated rings. The van der Waals surface area contributed by atoms with E-state index >= 15 is 0 Å². The Morgan fingerprint density at radius 1 is 1.05 bits per heavy atom. The summed E-state index contributed by atoms with van der Waals surface area (Å²) in [5.41, 5.74) is 3.46. The maximum Gasteiger partial charge on any atom is 0.573 e. The van der Waals surface area contributed by atoms with Gasteiger partial charge in [-0.05, 0) is 60.1 Å². The van der Waals surface area contributed by atoms with Gasteiger partial charge in [-0.1, -0.05) is 48.2 Å². The SMILES string of the molecule is Cc1ccc(C#N)cc1N=C1SC(=C2Sc3cc(OC(F)(F)F)ccc3N2C)C(=O)N1Cc1ccccc1. The van der Waals surface area contributed by atoms with Gasteiger partial charge < -0.3 is 9.64 Å². The summed E-state index contributed by atoms with van der Waals surface area (Å²) in [4.78, 5) is 22.8. The Balaban J connectivity index is 1.54. The molecule has 0 unspecified atom stereocenters. The molecule has 0 aromatic heterocycles. The number of fused-ring (bicyclic) bond motifs is 1. The summed E-state index contributed by atoms with van der Waals surface area (Å²) in [5, 5.41) is 10.4. The molecule has 2 aliphatic rings. The van der Waals surface area contributed by atoms with Crippen LogP contribution in [-0.4, -0.2) is 29.4 Å². The number of nitrogens with zero attached hydrogens (tertiary/aromatic N) is 4. The van der Waals surface area contributed by atoms with Crippen molar-refractivity contribution < 1.29 is 22.7 Å². The summed E-state index contributed by atoms with van der Waals surface area (Å²) in [6.45, 7) is 2.16. The number of aryl methyl sites for hydroxylation is 1. The first-order valence-electron chi connectivity index (χ1n) is 11.3. The highest BCUT2D eigenvalue weighted by Gasteiger charge is 2.40. The molecule has 38 heavy (non-hydrogen) atoms. The number of rotatable bonds is 4. The molecular formula is C27H19F3N4O2S2. The van der Waals surface area contributed by atoms with Gasteiger partial charge in [-0.3, -0.25) is 9.69 Å². The smallest absolute Gasteiger partial charge is 0.406 e. The standard InChI is InChI=1S/C27H19F3N4O2S2/c1-16-8-9-18(14-31)12-20(16)32-26-34(15-17-6-4-3-5-7-17)24(35)23(38-26)25-33(2)21-11-10-19(13-22(21)37-25)36-27(28,29)30/h3-13H,15H2,1-2H3. The third-order valence-corrected chi connectivity index (χ3v) is 8.25. The van der Waals surface area contributed by atoms with Crippen LogP contribution in [0, 0.1) is 18.3 Å². The van der Waals surface area contributed by atoms with Gasteiger partial charge in [0, 0.05) is 11.9 Å².